The molecule has 0 radical (unpaired) electrons. The summed E-state index contributed by atoms with van der Waals surface area (Å²) in [7, 11) is -4.06. The van der Waals surface area contributed by atoms with Crippen molar-refractivity contribution in [3.8, 4) is 5.75 Å². The molecule has 31 heavy (non-hydrogen) atoms. The number of likely N-dealkylation sites (tertiary alicyclic amines) is 1. The second-order valence-corrected chi connectivity index (χ2v) is 9.28. The number of fused-ring (bicyclic) bond motifs is 2. The van der Waals surface area contributed by atoms with E-state index < -0.39 is 10.4 Å². The van der Waals surface area contributed by atoms with Gasteiger partial charge in [0.15, 0.2) is 0 Å². The van der Waals surface area contributed by atoms with Crippen molar-refractivity contribution >= 4 is 16.0 Å². The lowest BCUT2D eigenvalue weighted by Crippen LogP contribution is -2.30. The first-order chi connectivity index (χ1) is 15.0. The fraction of sp³-hybridized carbons (Fsp3) is 0.458. The summed E-state index contributed by atoms with van der Waals surface area (Å²) < 4.78 is 34.2. The number of hydrogen-bond donors (Lipinski definition) is 0. The molecule has 0 spiro atoms. The fourth-order valence-electron chi connectivity index (χ4n) is 4.41. The number of aryl methyl sites for hydroxylation is 2. The van der Waals surface area contributed by atoms with E-state index in [1.165, 1.54) is 16.7 Å². The number of benzene rings is 1. The highest BCUT2D eigenvalue weighted by Gasteiger charge is 2.25. The molecule has 0 N–H and O–H groups in total. The molecule has 1 aromatic heterocycles. The first kappa shape index (κ1) is 22.0. The molecule has 1 fully saturated rings. The third-order valence-corrected chi connectivity index (χ3v) is 6.88. The van der Waals surface area contributed by atoms with Crippen LogP contribution in [0.3, 0.4) is 0 Å². The Morgan fingerprint density at radius 1 is 1.03 bits per heavy atom. The topological polar surface area (TPSA) is 68.7 Å². The van der Waals surface area contributed by atoms with Gasteiger partial charge in [-0.3, -0.25) is 4.98 Å². The monoisotopic (exact) mass is 442 g/mol. The van der Waals surface area contributed by atoms with Crippen molar-refractivity contribution in [1.82, 2.24) is 9.88 Å². The van der Waals surface area contributed by atoms with Gasteiger partial charge in [-0.25, -0.2) is 4.18 Å². The van der Waals surface area contributed by atoms with E-state index in [1.807, 2.05) is 31.3 Å². The van der Waals surface area contributed by atoms with E-state index in [0.29, 0.717) is 12.2 Å². The zero-order valence-electron chi connectivity index (χ0n) is 18.3. The molecule has 166 valence electrons. The zero-order chi connectivity index (χ0) is 21.8. The quantitative estimate of drug-likeness (QED) is 0.670. The second-order valence-electron chi connectivity index (χ2n) is 8.06. The molecule has 0 unspecified atom stereocenters. The predicted molar refractivity (Wildman–Crippen MR) is 121 cm³/mol. The maximum absolute atomic E-state index is 12.1. The molecule has 2 heterocycles. The van der Waals surface area contributed by atoms with Crippen LogP contribution in [0.1, 0.15) is 55.5 Å². The minimum absolute atomic E-state index is 0.110. The van der Waals surface area contributed by atoms with Gasteiger partial charge in [0, 0.05) is 24.9 Å². The van der Waals surface area contributed by atoms with E-state index in [1.54, 1.807) is 6.07 Å². The molecule has 2 aromatic rings. The van der Waals surface area contributed by atoms with E-state index in [0.717, 1.165) is 62.1 Å². The Kier molecular flexibility index (Phi) is 6.74. The van der Waals surface area contributed by atoms with Gasteiger partial charge in [0.2, 0.25) is 0 Å². The van der Waals surface area contributed by atoms with E-state index in [4.69, 9.17) is 13.4 Å². The summed E-state index contributed by atoms with van der Waals surface area (Å²) >= 11 is 0. The molecule has 0 saturated carbocycles. The van der Waals surface area contributed by atoms with E-state index in [-0.39, 0.29) is 6.61 Å². The van der Waals surface area contributed by atoms with Gasteiger partial charge in [0.05, 0.1) is 12.3 Å². The molecule has 1 aliphatic carbocycles. The lowest BCUT2D eigenvalue weighted by atomic mass is 9.88. The average molecular weight is 443 g/mol. The van der Waals surface area contributed by atoms with Crippen molar-refractivity contribution < 1.29 is 16.8 Å². The fourth-order valence-corrected chi connectivity index (χ4v) is 5.17. The molecule has 1 saturated heterocycles. The minimum atomic E-state index is -4.06. The van der Waals surface area contributed by atoms with Crippen molar-refractivity contribution in [1.29, 1.82) is 0 Å². The highest BCUT2D eigenvalue weighted by atomic mass is 32.3. The first-order valence-electron chi connectivity index (χ1n) is 11.1. The molecular formula is C24H30N2O4S. The number of nitrogens with zero attached hydrogens (tertiary/aromatic N) is 2. The Morgan fingerprint density at radius 2 is 1.81 bits per heavy atom. The first-order valence-corrected chi connectivity index (χ1v) is 12.4. The lowest BCUT2D eigenvalue weighted by molar-refractivity contribution is 0.270. The van der Waals surface area contributed by atoms with Crippen LogP contribution in [0.4, 0.5) is 0 Å². The third-order valence-electron chi connectivity index (χ3n) is 6.03. The third kappa shape index (κ3) is 5.00. The number of piperidine rings is 1. The molecule has 2 aliphatic rings. The average Bonchev–Trinajstić information content (AvgIpc) is 2.94. The second kappa shape index (κ2) is 9.51. The maximum Gasteiger partial charge on any atom is 0.449 e. The van der Waals surface area contributed by atoms with Gasteiger partial charge in [0.1, 0.15) is 5.75 Å². The number of hydrogen-bond acceptors (Lipinski definition) is 6. The van der Waals surface area contributed by atoms with Crippen molar-refractivity contribution in [3.05, 3.63) is 64.5 Å². The van der Waals surface area contributed by atoms with Crippen molar-refractivity contribution in [3.63, 3.8) is 0 Å². The molecule has 4 rings (SSSR count). The smallest absolute Gasteiger partial charge is 0.362 e. The van der Waals surface area contributed by atoms with Gasteiger partial charge in [-0.15, -0.1) is 0 Å². The van der Waals surface area contributed by atoms with Crippen LogP contribution in [0.5, 0.6) is 5.75 Å². The molecule has 1 aromatic carbocycles. The number of aromatic nitrogens is 1. The van der Waals surface area contributed by atoms with Gasteiger partial charge in [-0.1, -0.05) is 31.6 Å². The summed E-state index contributed by atoms with van der Waals surface area (Å²) in [5, 5.41) is 0. The highest BCUT2D eigenvalue weighted by molar-refractivity contribution is 7.82. The van der Waals surface area contributed by atoms with Gasteiger partial charge in [-0.2, -0.15) is 8.42 Å². The predicted octanol–water partition coefficient (Wildman–Crippen LogP) is 4.15. The molecule has 0 atom stereocenters. The van der Waals surface area contributed by atoms with Crippen LogP contribution in [0.15, 0.2) is 42.1 Å². The van der Waals surface area contributed by atoms with Crippen LogP contribution >= 0.6 is 0 Å². The number of pyridine rings is 1. The number of rotatable bonds is 6. The van der Waals surface area contributed by atoms with Crippen LogP contribution < -0.4 is 4.18 Å². The summed E-state index contributed by atoms with van der Waals surface area (Å²) in [6.45, 7) is 7.35. The van der Waals surface area contributed by atoms with E-state index in [9.17, 15) is 8.42 Å². The Hall–Kier alpha value is -2.22. The largest absolute Gasteiger partial charge is 0.449 e. The van der Waals surface area contributed by atoms with Gasteiger partial charge < -0.3 is 9.08 Å². The standard InChI is InChI=1S/C24H30N2O4S/c1-3-16-29-31(27,28)30-21-9-10-22-20(17-21)8-7-19-6-5-13-25-24(19)23(22)18-11-14-26(4-2)15-12-18/h5-6,9-10,13,17H,3-4,7-8,11-12,14-16H2,1-2H3. The Balaban J connectivity index is 1.73. The minimum Gasteiger partial charge on any atom is -0.362 e. The van der Waals surface area contributed by atoms with Crippen molar-refractivity contribution in [2.24, 2.45) is 0 Å². The van der Waals surface area contributed by atoms with Crippen LogP contribution in [0.25, 0.3) is 5.57 Å². The summed E-state index contributed by atoms with van der Waals surface area (Å²) in [5.41, 5.74) is 7.17. The Morgan fingerprint density at radius 3 is 2.55 bits per heavy atom. The van der Waals surface area contributed by atoms with Gasteiger partial charge >= 0.3 is 10.4 Å². The molecule has 1 aliphatic heterocycles. The summed E-state index contributed by atoms with van der Waals surface area (Å²) in [4.78, 5) is 7.24. The molecule has 7 heteroatoms. The van der Waals surface area contributed by atoms with Gasteiger partial charge in [-0.05, 0) is 73.5 Å². The van der Waals surface area contributed by atoms with E-state index >= 15 is 0 Å². The Bertz CT molecular complexity index is 1070. The summed E-state index contributed by atoms with van der Waals surface area (Å²) in [5.74, 6) is 0.291. The summed E-state index contributed by atoms with van der Waals surface area (Å²) in [6.07, 6.45) is 6.17. The molecule has 6 nitrogen and oxygen atoms in total. The lowest BCUT2D eigenvalue weighted by Gasteiger charge is -2.29. The van der Waals surface area contributed by atoms with Crippen molar-refractivity contribution in [2.45, 2.75) is 46.0 Å². The summed E-state index contributed by atoms with van der Waals surface area (Å²) in [6, 6.07) is 9.69. The molecule has 0 bridgehead atoms. The SMILES string of the molecule is CCCOS(=O)(=O)Oc1ccc2c(c1)CCc1cccnc1C2=C1CCN(CC)CC1. The molecular weight excluding hydrogens is 412 g/mol. The Labute approximate surface area is 185 Å². The normalized spacial score (nSPS) is 17.1. The van der Waals surface area contributed by atoms with Crippen LogP contribution in [0.2, 0.25) is 0 Å². The van der Waals surface area contributed by atoms with Crippen molar-refractivity contribution in [2.75, 3.05) is 26.2 Å². The molecule has 0 amide bonds. The van der Waals surface area contributed by atoms with Crippen LogP contribution in [-0.4, -0.2) is 44.5 Å². The van der Waals surface area contributed by atoms with Crippen LogP contribution in [0, 0.1) is 0 Å². The maximum atomic E-state index is 12.1. The van der Waals surface area contributed by atoms with Crippen LogP contribution in [-0.2, 0) is 27.4 Å². The highest BCUT2D eigenvalue weighted by Crippen LogP contribution is 2.38. The van der Waals surface area contributed by atoms with E-state index in [2.05, 4.69) is 17.9 Å². The van der Waals surface area contributed by atoms with Gasteiger partial charge in [0.25, 0.3) is 0 Å². The zero-order valence-corrected chi connectivity index (χ0v) is 19.1.